The van der Waals surface area contributed by atoms with Crippen LogP contribution in [0.15, 0.2) is 54.6 Å². The fraction of sp³-hybridized carbons (Fsp3) is 0.250. The van der Waals surface area contributed by atoms with Crippen molar-refractivity contribution >= 4 is 29.1 Å². The summed E-state index contributed by atoms with van der Waals surface area (Å²) in [6.45, 7) is 3.25. The molecule has 6 nitrogen and oxygen atoms in total. The lowest BCUT2D eigenvalue weighted by Gasteiger charge is -2.25. The highest BCUT2D eigenvalue weighted by Gasteiger charge is 2.15. The average Bonchev–Trinajstić information content (AvgIpc) is 2.66. The van der Waals surface area contributed by atoms with Gasteiger partial charge in [0.05, 0.1) is 6.61 Å². The van der Waals surface area contributed by atoms with Crippen LogP contribution in [0.1, 0.15) is 29.3 Å². The number of primary amides is 1. The van der Waals surface area contributed by atoms with Crippen molar-refractivity contribution in [3.63, 3.8) is 0 Å². The highest BCUT2D eigenvalue weighted by molar-refractivity contribution is 7.80. The number of nitrogens with two attached hydrogens (primary N) is 1. The smallest absolute Gasteiger partial charge is 0.257 e. The Bertz CT molecular complexity index is 779. The summed E-state index contributed by atoms with van der Waals surface area (Å²) in [5.41, 5.74) is 6.74. The minimum atomic E-state index is -0.422. The number of benzene rings is 2. The largest absolute Gasteiger partial charge is 0.494 e. The second-order valence-electron chi connectivity index (χ2n) is 5.84. The van der Waals surface area contributed by atoms with Crippen molar-refractivity contribution in [3.8, 4) is 5.75 Å². The molecule has 0 fully saturated rings. The summed E-state index contributed by atoms with van der Waals surface area (Å²) < 4.78 is 5.37. The fourth-order valence-corrected chi connectivity index (χ4v) is 2.67. The van der Waals surface area contributed by atoms with E-state index >= 15 is 0 Å². The van der Waals surface area contributed by atoms with Gasteiger partial charge in [-0.3, -0.25) is 14.9 Å². The molecule has 0 bridgehead atoms. The first-order valence-electron chi connectivity index (χ1n) is 8.65. The third kappa shape index (κ3) is 6.71. The van der Waals surface area contributed by atoms with Crippen LogP contribution in [0.5, 0.6) is 5.75 Å². The van der Waals surface area contributed by atoms with Gasteiger partial charge in [0.25, 0.3) is 5.91 Å². The van der Waals surface area contributed by atoms with Gasteiger partial charge >= 0.3 is 0 Å². The number of carbonyl (C=O) groups excluding carboxylic acids is 2. The molecule has 0 heterocycles. The molecular formula is C20H23N3O3S. The number of hydrogen-bond acceptors (Lipinski definition) is 4. The second-order valence-corrected chi connectivity index (χ2v) is 6.23. The molecule has 2 aromatic rings. The minimum absolute atomic E-state index is 0.145. The normalized spacial score (nSPS) is 10.1. The van der Waals surface area contributed by atoms with E-state index in [1.165, 1.54) is 0 Å². The van der Waals surface area contributed by atoms with Gasteiger partial charge in [0.2, 0.25) is 5.91 Å². The summed E-state index contributed by atoms with van der Waals surface area (Å²) in [5.74, 6) is -0.0438. The van der Waals surface area contributed by atoms with Crippen molar-refractivity contribution in [3.05, 3.63) is 65.7 Å². The Labute approximate surface area is 164 Å². The Kier molecular flexibility index (Phi) is 7.76. The van der Waals surface area contributed by atoms with Crippen LogP contribution in [0.25, 0.3) is 0 Å². The summed E-state index contributed by atoms with van der Waals surface area (Å²) >= 11 is 5.39. The molecule has 0 saturated heterocycles. The van der Waals surface area contributed by atoms with E-state index in [2.05, 4.69) is 5.32 Å². The first-order chi connectivity index (χ1) is 13.0. The van der Waals surface area contributed by atoms with Crippen molar-refractivity contribution in [1.82, 2.24) is 10.2 Å². The summed E-state index contributed by atoms with van der Waals surface area (Å²) in [4.78, 5) is 25.4. The van der Waals surface area contributed by atoms with E-state index in [0.29, 0.717) is 31.0 Å². The molecule has 27 heavy (non-hydrogen) atoms. The van der Waals surface area contributed by atoms with Gasteiger partial charge in [0.1, 0.15) is 5.75 Å². The Morgan fingerprint density at radius 3 is 2.37 bits per heavy atom. The van der Waals surface area contributed by atoms with E-state index in [1.54, 1.807) is 29.2 Å². The number of ether oxygens (including phenoxy) is 1. The monoisotopic (exact) mass is 385 g/mol. The van der Waals surface area contributed by atoms with Crippen LogP contribution in [0.3, 0.4) is 0 Å². The van der Waals surface area contributed by atoms with Crippen molar-refractivity contribution in [1.29, 1.82) is 0 Å². The van der Waals surface area contributed by atoms with E-state index in [0.717, 1.165) is 5.56 Å². The van der Waals surface area contributed by atoms with Crippen LogP contribution in [0.2, 0.25) is 0 Å². The van der Waals surface area contributed by atoms with Crippen molar-refractivity contribution in [2.45, 2.75) is 19.9 Å². The first kappa shape index (κ1) is 20.4. The highest BCUT2D eigenvalue weighted by Crippen LogP contribution is 2.12. The number of carbonyl (C=O) groups is 2. The summed E-state index contributed by atoms with van der Waals surface area (Å²) in [6.07, 6.45) is 0.145. The molecule has 0 unspecified atom stereocenters. The van der Waals surface area contributed by atoms with Gasteiger partial charge < -0.3 is 15.4 Å². The number of hydrogen-bond donors (Lipinski definition) is 2. The molecule has 2 amide bonds. The Hall–Kier alpha value is -2.93. The number of nitrogens with zero attached hydrogens (tertiary/aromatic N) is 1. The Morgan fingerprint density at radius 1 is 1.11 bits per heavy atom. The van der Waals surface area contributed by atoms with Gasteiger partial charge in [-0.2, -0.15) is 0 Å². The zero-order valence-corrected chi connectivity index (χ0v) is 16.0. The van der Waals surface area contributed by atoms with Crippen LogP contribution in [0, 0.1) is 0 Å². The molecule has 0 aromatic heterocycles. The van der Waals surface area contributed by atoms with Crippen molar-refractivity contribution in [2.24, 2.45) is 5.73 Å². The van der Waals surface area contributed by atoms with Gasteiger partial charge in [-0.15, -0.1) is 0 Å². The Morgan fingerprint density at radius 2 is 1.78 bits per heavy atom. The summed E-state index contributed by atoms with van der Waals surface area (Å²) in [5, 5.41) is 2.97. The van der Waals surface area contributed by atoms with Crippen molar-refractivity contribution < 1.29 is 14.3 Å². The van der Waals surface area contributed by atoms with E-state index < -0.39 is 5.91 Å². The molecule has 0 aliphatic heterocycles. The highest BCUT2D eigenvalue weighted by atomic mass is 32.1. The molecule has 0 radical (unpaired) electrons. The maximum atomic E-state index is 12.5. The van der Waals surface area contributed by atoms with Gasteiger partial charge in [-0.25, -0.2) is 0 Å². The van der Waals surface area contributed by atoms with Gasteiger partial charge in [-0.05, 0) is 49.0 Å². The predicted octanol–water partition coefficient (Wildman–Crippen LogP) is 2.48. The first-order valence-corrected chi connectivity index (χ1v) is 9.05. The van der Waals surface area contributed by atoms with E-state index in [9.17, 15) is 9.59 Å². The number of thiocarbonyl (C=S) groups is 1. The maximum absolute atomic E-state index is 12.5. The number of rotatable bonds is 8. The molecule has 142 valence electrons. The van der Waals surface area contributed by atoms with Crippen LogP contribution in [-0.4, -0.2) is 35.0 Å². The van der Waals surface area contributed by atoms with Crippen molar-refractivity contribution in [2.75, 3.05) is 13.2 Å². The Balaban J connectivity index is 2.04. The third-order valence-electron chi connectivity index (χ3n) is 3.78. The lowest BCUT2D eigenvalue weighted by Crippen LogP contribution is -2.43. The minimum Gasteiger partial charge on any atom is -0.494 e. The SMILES string of the molecule is CCOc1ccc(C(=O)NC(=S)N(CCC(N)=O)Cc2ccccc2)cc1. The quantitative estimate of drug-likeness (QED) is 0.682. The molecule has 2 aromatic carbocycles. The van der Waals surface area contributed by atoms with Crippen LogP contribution >= 0.6 is 12.2 Å². The molecule has 3 N–H and O–H groups in total. The van der Waals surface area contributed by atoms with Gasteiger partial charge in [0.15, 0.2) is 5.11 Å². The van der Waals surface area contributed by atoms with Crippen LogP contribution in [0.4, 0.5) is 0 Å². The van der Waals surface area contributed by atoms with E-state index in [4.69, 9.17) is 22.7 Å². The molecular weight excluding hydrogens is 362 g/mol. The summed E-state index contributed by atoms with van der Waals surface area (Å²) in [7, 11) is 0. The van der Waals surface area contributed by atoms with Gasteiger partial charge in [-0.1, -0.05) is 30.3 Å². The fourth-order valence-electron chi connectivity index (χ4n) is 2.42. The standard InChI is InChI=1S/C20H23N3O3S/c1-2-26-17-10-8-16(9-11-17)19(25)22-20(27)23(13-12-18(21)24)14-15-6-4-3-5-7-15/h3-11H,2,12-14H2,1H3,(H2,21,24)(H,22,25,27). The summed E-state index contributed by atoms with van der Waals surface area (Å²) in [6, 6.07) is 16.5. The zero-order valence-electron chi connectivity index (χ0n) is 15.2. The van der Waals surface area contributed by atoms with Crippen LogP contribution < -0.4 is 15.8 Å². The molecule has 2 rings (SSSR count). The molecule has 0 spiro atoms. The molecule has 0 atom stereocenters. The molecule has 0 aliphatic carbocycles. The lowest BCUT2D eigenvalue weighted by atomic mass is 10.2. The topological polar surface area (TPSA) is 84.7 Å². The maximum Gasteiger partial charge on any atom is 0.257 e. The molecule has 0 saturated carbocycles. The predicted molar refractivity (Wildman–Crippen MR) is 108 cm³/mol. The lowest BCUT2D eigenvalue weighted by molar-refractivity contribution is -0.118. The van der Waals surface area contributed by atoms with Gasteiger partial charge in [0, 0.05) is 25.1 Å². The number of amides is 2. The third-order valence-corrected chi connectivity index (χ3v) is 4.14. The molecule has 7 heteroatoms. The zero-order chi connectivity index (χ0) is 19.6. The van der Waals surface area contributed by atoms with Crippen LogP contribution in [-0.2, 0) is 11.3 Å². The number of nitrogens with one attached hydrogen (secondary N) is 1. The van der Waals surface area contributed by atoms with E-state index in [1.807, 2.05) is 37.3 Å². The van der Waals surface area contributed by atoms with E-state index in [-0.39, 0.29) is 17.4 Å². The average molecular weight is 385 g/mol. The molecule has 0 aliphatic rings. The second kappa shape index (κ2) is 10.3.